The van der Waals surface area contributed by atoms with Gasteiger partial charge >= 0.3 is 0 Å². The summed E-state index contributed by atoms with van der Waals surface area (Å²) < 4.78 is 6.89. The maximum absolute atomic E-state index is 12.3. The van der Waals surface area contributed by atoms with Gasteiger partial charge in [0.15, 0.2) is 0 Å². The molecule has 0 radical (unpaired) electrons. The van der Waals surface area contributed by atoms with Crippen molar-refractivity contribution in [1.29, 1.82) is 0 Å². The van der Waals surface area contributed by atoms with Gasteiger partial charge in [-0.05, 0) is 30.3 Å². The van der Waals surface area contributed by atoms with Crippen LogP contribution < -0.4 is 5.32 Å². The molecular formula is C25H23N3O2. The molecule has 5 nitrogen and oxygen atoms in total. The summed E-state index contributed by atoms with van der Waals surface area (Å²) in [6.07, 6.45) is 0. The van der Waals surface area contributed by atoms with Gasteiger partial charge in [0.05, 0.1) is 23.7 Å². The highest BCUT2D eigenvalue weighted by molar-refractivity contribution is 5.94. The van der Waals surface area contributed by atoms with Crippen molar-refractivity contribution < 1.29 is 9.53 Å². The van der Waals surface area contributed by atoms with E-state index in [1.807, 2.05) is 65.3 Å². The van der Waals surface area contributed by atoms with E-state index in [-0.39, 0.29) is 5.91 Å². The predicted octanol–water partition coefficient (Wildman–Crippen LogP) is 4.58. The Hall–Kier alpha value is -3.70. The number of hydrogen-bond acceptors (Lipinski definition) is 3. The number of ether oxygens (including phenoxy) is 1. The molecule has 0 aliphatic carbocycles. The summed E-state index contributed by atoms with van der Waals surface area (Å²) in [5.74, 6) is -0.118. The molecule has 1 N–H and O–H groups in total. The van der Waals surface area contributed by atoms with E-state index >= 15 is 0 Å². The fourth-order valence-corrected chi connectivity index (χ4v) is 3.27. The predicted molar refractivity (Wildman–Crippen MR) is 119 cm³/mol. The Morgan fingerprint density at radius 2 is 1.53 bits per heavy atom. The largest absolute Gasteiger partial charge is 0.383 e. The first-order valence-electron chi connectivity index (χ1n) is 9.85. The van der Waals surface area contributed by atoms with Gasteiger partial charge in [0.1, 0.15) is 0 Å². The van der Waals surface area contributed by atoms with E-state index in [0.717, 1.165) is 28.2 Å². The Morgan fingerprint density at radius 1 is 0.900 bits per heavy atom. The molecule has 0 spiro atoms. The van der Waals surface area contributed by atoms with E-state index in [0.29, 0.717) is 18.7 Å². The lowest BCUT2D eigenvalue weighted by Crippen LogP contribution is -2.26. The molecule has 0 saturated heterocycles. The zero-order valence-electron chi connectivity index (χ0n) is 16.8. The molecule has 0 aliphatic rings. The first-order valence-corrected chi connectivity index (χ1v) is 9.85. The van der Waals surface area contributed by atoms with Crippen LogP contribution >= 0.6 is 0 Å². The number of methoxy groups -OCH3 is 1. The minimum atomic E-state index is -0.118. The second-order valence-corrected chi connectivity index (χ2v) is 6.85. The second kappa shape index (κ2) is 9.20. The molecule has 1 heterocycles. The number of amides is 1. The third-order valence-electron chi connectivity index (χ3n) is 4.81. The Bertz CT molecular complexity index is 1100. The van der Waals surface area contributed by atoms with Crippen LogP contribution in [0, 0.1) is 0 Å². The van der Waals surface area contributed by atoms with E-state index in [4.69, 9.17) is 9.84 Å². The first kappa shape index (κ1) is 19.6. The summed E-state index contributed by atoms with van der Waals surface area (Å²) in [5, 5.41) is 7.70. The molecule has 0 unspecified atom stereocenters. The Morgan fingerprint density at radius 3 is 2.17 bits per heavy atom. The molecule has 1 aromatic heterocycles. The van der Waals surface area contributed by atoms with Crippen molar-refractivity contribution in [2.45, 2.75) is 0 Å². The molecular weight excluding hydrogens is 374 g/mol. The lowest BCUT2D eigenvalue weighted by molar-refractivity contribution is 0.0937. The monoisotopic (exact) mass is 397 g/mol. The zero-order chi connectivity index (χ0) is 20.8. The molecule has 0 bridgehead atoms. The lowest BCUT2D eigenvalue weighted by atomic mass is 10.1. The van der Waals surface area contributed by atoms with Crippen LogP contribution in [0.4, 0.5) is 0 Å². The molecule has 4 aromatic rings. The Balaban J connectivity index is 1.69. The van der Waals surface area contributed by atoms with Crippen LogP contribution in [0.2, 0.25) is 0 Å². The first-order chi connectivity index (χ1) is 14.8. The molecule has 0 saturated carbocycles. The Labute approximate surface area is 175 Å². The standard InChI is InChI=1S/C25H23N3O2/c1-30-17-16-26-25(29)21-12-14-22(15-13-21)28-24(20-10-6-3-7-11-20)18-23(27-28)19-8-4-2-5-9-19/h2-15,18H,16-17H2,1H3,(H,26,29). The van der Waals surface area contributed by atoms with Crippen molar-refractivity contribution in [2.24, 2.45) is 0 Å². The van der Waals surface area contributed by atoms with Crippen molar-refractivity contribution in [3.05, 3.63) is 96.6 Å². The third kappa shape index (κ3) is 4.31. The number of benzene rings is 3. The molecule has 0 aliphatic heterocycles. The number of nitrogens with zero attached hydrogens (tertiary/aromatic N) is 2. The number of hydrogen-bond donors (Lipinski definition) is 1. The van der Waals surface area contributed by atoms with E-state index in [1.165, 1.54) is 0 Å². The highest BCUT2D eigenvalue weighted by Crippen LogP contribution is 2.28. The van der Waals surface area contributed by atoms with Crippen LogP contribution in [0.25, 0.3) is 28.2 Å². The summed E-state index contributed by atoms with van der Waals surface area (Å²) in [4.78, 5) is 12.3. The molecule has 3 aromatic carbocycles. The van der Waals surface area contributed by atoms with Crippen LogP contribution in [0.1, 0.15) is 10.4 Å². The van der Waals surface area contributed by atoms with Crippen LogP contribution in [0.3, 0.4) is 0 Å². The molecule has 1 amide bonds. The van der Waals surface area contributed by atoms with Crippen molar-refractivity contribution in [1.82, 2.24) is 15.1 Å². The maximum atomic E-state index is 12.3. The van der Waals surface area contributed by atoms with E-state index in [1.54, 1.807) is 7.11 Å². The van der Waals surface area contributed by atoms with Crippen LogP contribution in [0.15, 0.2) is 91.0 Å². The van der Waals surface area contributed by atoms with Gasteiger partial charge in [-0.15, -0.1) is 0 Å². The molecule has 30 heavy (non-hydrogen) atoms. The topological polar surface area (TPSA) is 56.1 Å². The fourth-order valence-electron chi connectivity index (χ4n) is 3.27. The normalized spacial score (nSPS) is 10.7. The second-order valence-electron chi connectivity index (χ2n) is 6.85. The maximum Gasteiger partial charge on any atom is 0.251 e. The molecule has 0 atom stereocenters. The van der Waals surface area contributed by atoms with Gasteiger partial charge in [-0.1, -0.05) is 60.7 Å². The summed E-state index contributed by atoms with van der Waals surface area (Å²) in [7, 11) is 1.61. The minimum absolute atomic E-state index is 0.118. The van der Waals surface area contributed by atoms with Gasteiger partial charge in [-0.25, -0.2) is 4.68 Å². The lowest BCUT2D eigenvalue weighted by Gasteiger charge is -2.09. The van der Waals surface area contributed by atoms with E-state index in [2.05, 4.69) is 35.6 Å². The smallest absolute Gasteiger partial charge is 0.251 e. The molecule has 150 valence electrons. The van der Waals surface area contributed by atoms with Crippen LogP contribution in [-0.4, -0.2) is 35.9 Å². The van der Waals surface area contributed by atoms with Crippen LogP contribution in [0.5, 0.6) is 0 Å². The SMILES string of the molecule is COCCNC(=O)c1ccc(-n2nc(-c3ccccc3)cc2-c2ccccc2)cc1. The summed E-state index contributed by atoms with van der Waals surface area (Å²) >= 11 is 0. The molecule has 4 rings (SSSR count). The van der Waals surface area contributed by atoms with Gasteiger partial charge in [0, 0.05) is 30.3 Å². The fraction of sp³-hybridized carbons (Fsp3) is 0.120. The summed E-state index contributed by atoms with van der Waals surface area (Å²) in [6.45, 7) is 0.967. The van der Waals surface area contributed by atoms with Crippen LogP contribution in [-0.2, 0) is 4.74 Å². The van der Waals surface area contributed by atoms with Gasteiger partial charge < -0.3 is 10.1 Å². The zero-order valence-corrected chi connectivity index (χ0v) is 16.8. The highest BCUT2D eigenvalue weighted by atomic mass is 16.5. The average Bonchev–Trinajstić information content (AvgIpc) is 3.26. The number of aromatic nitrogens is 2. The summed E-state index contributed by atoms with van der Waals surface area (Å²) in [6, 6.07) is 29.8. The van der Waals surface area contributed by atoms with Crippen molar-refractivity contribution in [2.75, 3.05) is 20.3 Å². The Kier molecular flexibility index (Phi) is 6.01. The number of carbonyl (C=O) groups excluding carboxylic acids is 1. The quantitative estimate of drug-likeness (QED) is 0.464. The van der Waals surface area contributed by atoms with Crippen molar-refractivity contribution in [3.63, 3.8) is 0 Å². The van der Waals surface area contributed by atoms with E-state index in [9.17, 15) is 4.79 Å². The van der Waals surface area contributed by atoms with Crippen molar-refractivity contribution in [3.8, 4) is 28.2 Å². The molecule has 0 fully saturated rings. The number of rotatable bonds is 7. The highest BCUT2D eigenvalue weighted by Gasteiger charge is 2.13. The third-order valence-corrected chi connectivity index (χ3v) is 4.81. The van der Waals surface area contributed by atoms with Crippen molar-refractivity contribution >= 4 is 5.91 Å². The van der Waals surface area contributed by atoms with Gasteiger partial charge in [0.25, 0.3) is 5.91 Å². The molecule has 5 heteroatoms. The average molecular weight is 397 g/mol. The minimum Gasteiger partial charge on any atom is -0.383 e. The van der Waals surface area contributed by atoms with E-state index < -0.39 is 0 Å². The van der Waals surface area contributed by atoms with Gasteiger partial charge in [-0.3, -0.25) is 4.79 Å². The summed E-state index contributed by atoms with van der Waals surface area (Å²) in [5.41, 5.74) is 5.52. The van der Waals surface area contributed by atoms with Gasteiger partial charge in [-0.2, -0.15) is 5.10 Å². The number of nitrogens with one attached hydrogen (secondary N) is 1. The number of carbonyl (C=O) groups is 1. The van der Waals surface area contributed by atoms with Gasteiger partial charge in [0.2, 0.25) is 0 Å².